The van der Waals surface area contributed by atoms with E-state index in [9.17, 15) is 0 Å². The van der Waals surface area contributed by atoms with Gasteiger partial charge in [-0.05, 0) is 47.2 Å². The maximum atomic E-state index is 2.17. The van der Waals surface area contributed by atoms with Crippen molar-refractivity contribution in [3.63, 3.8) is 0 Å². The molecule has 17 heavy (non-hydrogen) atoms. The molecule has 0 radical (unpaired) electrons. The smallest absolute Gasteiger partial charge is 0.00424 e. The SMILES string of the molecule is CC.CC.CCc1cccs1.Cc1ccsc1. The van der Waals surface area contributed by atoms with Crippen LogP contribution in [0.15, 0.2) is 34.3 Å². The average Bonchev–Trinajstić information content (AvgIpc) is 3.07. The average molecular weight is 271 g/mol. The Kier molecular flexibility index (Phi) is 17.0. The molecule has 0 aliphatic rings. The topological polar surface area (TPSA) is 0 Å². The van der Waals surface area contributed by atoms with Crippen molar-refractivity contribution in [1.29, 1.82) is 0 Å². The highest BCUT2D eigenvalue weighted by molar-refractivity contribution is 7.09. The molecule has 0 saturated heterocycles. The third kappa shape index (κ3) is 11.7. The van der Waals surface area contributed by atoms with E-state index in [1.54, 1.807) is 11.3 Å². The molecule has 2 heterocycles. The molecule has 2 rings (SSSR count). The molecule has 2 aromatic rings. The Morgan fingerprint density at radius 3 is 1.82 bits per heavy atom. The Morgan fingerprint density at radius 2 is 1.65 bits per heavy atom. The van der Waals surface area contributed by atoms with Gasteiger partial charge in [-0.2, -0.15) is 11.3 Å². The molecular weight excluding hydrogens is 244 g/mol. The first-order chi connectivity index (χ1) is 8.33. The maximum Gasteiger partial charge on any atom is 0.00424 e. The molecule has 0 nitrogen and oxygen atoms in total. The van der Waals surface area contributed by atoms with Crippen LogP contribution in [0.3, 0.4) is 0 Å². The first-order valence-electron chi connectivity index (χ1n) is 6.34. The Balaban J connectivity index is 0. The highest BCUT2D eigenvalue weighted by atomic mass is 32.1. The second-order valence-corrected chi connectivity index (χ2v) is 4.55. The Morgan fingerprint density at radius 1 is 1.00 bits per heavy atom. The van der Waals surface area contributed by atoms with Crippen molar-refractivity contribution in [2.24, 2.45) is 0 Å². The Hall–Kier alpha value is -0.600. The van der Waals surface area contributed by atoms with Crippen LogP contribution in [0.5, 0.6) is 0 Å². The zero-order valence-electron chi connectivity index (χ0n) is 12.0. The summed E-state index contributed by atoms with van der Waals surface area (Å²) in [6.45, 7) is 12.3. The van der Waals surface area contributed by atoms with Crippen molar-refractivity contribution in [1.82, 2.24) is 0 Å². The third-order valence-electron chi connectivity index (χ3n) is 1.59. The van der Waals surface area contributed by atoms with Gasteiger partial charge in [-0.15, -0.1) is 11.3 Å². The van der Waals surface area contributed by atoms with Crippen molar-refractivity contribution in [2.75, 3.05) is 0 Å². The molecular formula is C15H26S2. The van der Waals surface area contributed by atoms with Crippen molar-refractivity contribution >= 4 is 22.7 Å². The van der Waals surface area contributed by atoms with Crippen LogP contribution in [-0.2, 0) is 6.42 Å². The summed E-state index contributed by atoms with van der Waals surface area (Å²) >= 11 is 3.56. The lowest BCUT2D eigenvalue weighted by Gasteiger charge is -1.78. The van der Waals surface area contributed by atoms with Gasteiger partial charge in [-0.1, -0.05) is 40.7 Å². The summed E-state index contributed by atoms with van der Waals surface area (Å²) in [6, 6.07) is 6.35. The first kappa shape index (κ1) is 18.8. The minimum Gasteiger partial charge on any atom is -0.152 e. The van der Waals surface area contributed by atoms with Gasteiger partial charge in [-0.25, -0.2) is 0 Å². The van der Waals surface area contributed by atoms with Gasteiger partial charge >= 0.3 is 0 Å². The van der Waals surface area contributed by atoms with E-state index in [1.807, 2.05) is 39.0 Å². The van der Waals surface area contributed by atoms with Gasteiger partial charge in [0, 0.05) is 4.88 Å². The zero-order valence-corrected chi connectivity index (χ0v) is 13.6. The van der Waals surface area contributed by atoms with Crippen LogP contribution in [0.1, 0.15) is 45.1 Å². The zero-order chi connectivity index (χ0) is 13.5. The summed E-state index contributed by atoms with van der Waals surface area (Å²) in [5.41, 5.74) is 1.36. The lowest BCUT2D eigenvalue weighted by molar-refractivity contribution is 1.19. The van der Waals surface area contributed by atoms with E-state index in [1.165, 1.54) is 16.9 Å². The molecule has 0 aliphatic carbocycles. The normalized spacial score (nSPS) is 7.65. The van der Waals surface area contributed by atoms with Crippen LogP contribution in [-0.4, -0.2) is 0 Å². The second-order valence-electron chi connectivity index (χ2n) is 2.73. The van der Waals surface area contributed by atoms with E-state index >= 15 is 0 Å². The van der Waals surface area contributed by atoms with Crippen molar-refractivity contribution < 1.29 is 0 Å². The van der Waals surface area contributed by atoms with E-state index in [0.29, 0.717) is 0 Å². The molecule has 0 aromatic carbocycles. The van der Waals surface area contributed by atoms with Gasteiger partial charge < -0.3 is 0 Å². The molecule has 0 bridgehead atoms. The van der Waals surface area contributed by atoms with E-state index in [2.05, 4.69) is 48.2 Å². The van der Waals surface area contributed by atoms with Gasteiger partial charge in [-0.3, -0.25) is 0 Å². The van der Waals surface area contributed by atoms with E-state index in [0.717, 1.165) is 0 Å². The van der Waals surface area contributed by atoms with E-state index < -0.39 is 0 Å². The van der Waals surface area contributed by atoms with Crippen molar-refractivity contribution in [3.05, 3.63) is 44.8 Å². The number of rotatable bonds is 1. The van der Waals surface area contributed by atoms with Crippen LogP contribution in [0.2, 0.25) is 0 Å². The molecule has 0 amide bonds. The standard InChI is InChI=1S/C6H8S.C5H6S.2C2H6/c1-2-6-4-3-5-7-6;1-5-2-3-6-4-5;2*1-2/h3-5H,2H2,1H3;2-4H,1H3;2*1-2H3. The van der Waals surface area contributed by atoms with Gasteiger partial charge in [0.05, 0.1) is 0 Å². The minimum absolute atomic E-state index is 1.18. The van der Waals surface area contributed by atoms with Crippen molar-refractivity contribution in [2.45, 2.75) is 48.0 Å². The van der Waals surface area contributed by atoms with Crippen LogP contribution < -0.4 is 0 Å². The molecule has 0 aliphatic heterocycles. The summed E-state index contributed by atoms with van der Waals surface area (Å²) in [4.78, 5) is 1.47. The number of aryl methyl sites for hydroxylation is 2. The highest BCUT2D eigenvalue weighted by Crippen LogP contribution is 2.07. The summed E-state index contributed by atoms with van der Waals surface area (Å²) < 4.78 is 0. The molecule has 0 fully saturated rings. The van der Waals surface area contributed by atoms with Gasteiger partial charge in [0.1, 0.15) is 0 Å². The molecule has 98 valence electrons. The Bertz CT molecular complexity index is 294. The van der Waals surface area contributed by atoms with Crippen LogP contribution >= 0.6 is 22.7 Å². The fourth-order valence-electron chi connectivity index (χ4n) is 0.846. The molecule has 0 spiro atoms. The van der Waals surface area contributed by atoms with Crippen molar-refractivity contribution in [3.8, 4) is 0 Å². The number of hydrogen-bond donors (Lipinski definition) is 0. The second kappa shape index (κ2) is 15.4. The summed E-state index contributed by atoms with van der Waals surface area (Å²) in [6.07, 6.45) is 1.18. The lowest BCUT2D eigenvalue weighted by Crippen LogP contribution is -1.63. The van der Waals surface area contributed by atoms with E-state index in [-0.39, 0.29) is 0 Å². The predicted molar refractivity (Wildman–Crippen MR) is 85.4 cm³/mol. The Labute approximate surface area is 115 Å². The highest BCUT2D eigenvalue weighted by Gasteiger charge is 1.82. The third-order valence-corrected chi connectivity index (χ3v) is 3.41. The van der Waals surface area contributed by atoms with Gasteiger partial charge in [0.15, 0.2) is 0 Å². The summed E-state index contributed by atoms with van der Waals surface area (Å²) in [5, 5.41) is 6.31. The lowest BCUT2D eigenvalue weighted by atomic mass is 10.4. The molecule has 2 heteroatoms. The van der Waals surface area contributed by atoms with E-state index in [4.69, 9.17) is 0 Å². The quantitative estimate of drug-likeness (QED) is 0.561. The van der Waals surface area contributed by atoms with Crippen LogP contribution in [0.4, 0.5) is 0 Å². The molecule has 0 saturated carbocycles. The number of hydrogen-bond acceptors (Lipinski definition) is 2. The monoisotopic (exact) mass is 270 g/mol. The van der Waals surface area contributed by atoms with Crippen LogP contribution in [0.25, 0.3) is 0 Å². The molecule has 0 atom stereocenters. The molecule has 0 unspecified atom stereocenters. The summed E-state index contributed by atoms with van der Waals surface area (Å²) in [5.74, 6) is 0. The number of thiophene rings is 2. The predicted octanol–water partition coefficient (Wildman–Crippen LogP) is 6.42. The fourth-order valence-corrected chi connectivity index (χ4v) is 2.17. The fraction of sp³-hybridized carbons (Fsp3) is 0.467. The summed E-state index contributed by atoms with van der Waals surface area (Å²) in [7, 11) is 0. The minimum atomic E-state index is 1.18. The first-order valence-corrected chi connectivity index (χ1v) is 8.16. The maximum absolute atomic E-state index is 2.17. The largest absolute Gasteiger partial charge is 0.152 e. The van der Waals surface area contributed by atoms with Gasteiger partial charge in [0.25, 0.3) is 0 Å². The molecule has 0 N–H and O–H groups in total. The van der Waals surface area contributed by atoms with Crippen LogP contribution in [0, 0.1) is 6.92 Å². The van der Waals surface area contributed by atoms with Gasteiger partial charge in [0.2, 0.25) is 0 Å². The molecule has 2 aromatic heterocycles.